The third kappa shape index (κ3) is 15.8. The van der Waals surface area contributed by atoms with Gasteiger partial charge in [0.05, 0.1) is 7.11 Å². The van der Waals surface area contributed by atoms with Crippen molar-refractivity contribution < 1.29 is 9.53 Å². The van der Waals surface area contributed by atoms with E-state index in [-0.39, 0.29) is 5.97 Å². The first kappa shape index (κ1) is 18.8. The average molecular weight is 284 g/mol. The Labute approximate surface area is 129 Å². The molecule has 0 radical (unpaired) electrons. The molecule has 0 aromatic carbocycles. The molecule has 112 valence electrons. The molecule has 0 aromatic heterocycles. The molecule has 0 saturated carbocycles. The molecule has 0 aliphatic rings. The zero-order valence-corrected chi connectivity index (χ0v) is 13.0. The lowest BCUT2D eigenvalue weighted by atomic mass is 10.1. The summed E-state index contributed by atoms with van der Waals surface area (Å²) in [5.74, 6) is 11.2. The van der Waals surface area contributed by atoms with Crippen molar-refractivity contribution in [3.63, 3.8) is 0 Å². The molecule has 0 N–H and O–H groups in total. The molecule has 0 unspecified atom stereocenters. The lowest BCUT2D eigenvalue weighted by Crippen LogP contribution is -1.98. The largest absolute Gasteiger partial charge is 0.469 e. The van der Waals surface area contributed by atoms with Crippen LogP contribution in [0.2, 0.25) is 0 Å². The van der Waals surface area contributed by atoms with Gasteiger partial charge in [-0.15, -0.1) is 0 Å². The fraction of sp³-hybridized carbons (Fsp3) is 0.421. The Morgan fingerprint density at radius 3 is 2.71 bits per heavy atom. The number of methoxy groups -OCH3 is 1. The Bertz CT molecular complexity index is 473. The molecule has 0 bridgehead atoms. The van der Waals surface area contributed by atoms with Crippen LogP contribution in [0.15, 0.2) is 36.5 Å². The normalized spacial score (nSPS) is 10.4. The maximum absolute atomic E-state index is 10.9. The summed E-state index contributed by atoms with van der Waals surface area (Å²) in [5.41, 5.74) is 0. The van der Waals surface area contributed by atoms with Gasteiger partial charge in [0.1, 0.15) is 0 Å². The number of carbonyl (C=O) groups excluding carboxylic acids is 1. The highest BCUT2D eigenvalue weighted by Crippen LogP contribution is 2.04. The zero-order valence-electron chi connectivity index (χ0n) is 13.0. The van der Waals surface area contributed by atoms with Crippen molar-refractivity contribution >= 4 is 5.97 Å². The van der Waals surface area contributed by atoms with Crippen molar-refractivity contribution in [1.82, 2.24) is 0 Å². The molecule has 0 aliphatic carbocycles. The first-order valence-electron chi connectivity index (χ1n) is 7.29. The molecule has 2 heteroatoms. The lowest BCUT2D eigenvalue weighted by Gasteiger charge is -1.97. The van der Waals surface area contributed by atoms with Crippen LogP contribution >= 0.6 is 0 Å². The van der Waals surface area contributed by atoms with E-state index in [0.717, 1.165) is 32.1 Å². The molecule has 0 atom stereocenters. The quantitative estimate of drug-likeness (QED) is 0.219. The van der Waals surface area contributed by atoms with Crippen LogP contribution < -0.4 is 0 Å². The minimum Gasteiger partial charge on any atom is -0.469 e. The number of hydrogen-bond donors (Lipinski definition) is 0. The molecule has 0 amide bonds. The number of rotatable bonds is 8. The summed E-state index contributed by atoms with van der Waals surface area (Å²) in [6.45, 7) is 1.97. The van der Waals surface area contributed by atoms with Gasteiger partial charge in [-0.3, -0.25) is 4.79 Å². The first-order valence-corrected chi connectivity index (χ1v) is 7.29. The third-order valence-corrected chi connectivity index (χ3v) is 2.58. The molecular formula is C19H24O2. The Morgan fingerprint density at radius 2 is 1.95 bits per heavy atom. The van der Waals surface area contributed by atoms with Gasteiger partial charge in [0.2, 0.25) is 0 Å². The van der Waals surface area contributed by atoms with Gasteiger partial charge in [-0.1, -0.05) is 48.6 Å². The summed E-state index contributed by atoms with van der Waals surface area (Å²) in [7, 11) is 1.42. The molecule has 2 nitrogen and oxygen atoms in total. The van der Waals surface area contributed by atoms with Crippen LogP contribution in [0.3, 0.4) is 0 Å². The van der Waals surface area contributed by atoms with E-state index in [1.165, 1.54) is 7.11 Å². The fourth-order valence-corrected chi connectivity index (χ4v) is 1.44. The van der Waals surface area contributed by atoms with E-state index in [1.54, 1.807) is 6.08 Å². The van der Waals surface area contributed by atoms with Gasteiger partial charge in [-0.2, -0.15) is 0 Å². The van der Waals surface area contributed by atoms with Crippen molar-refractivity contribution in [2.24, 2.45) is 0 Å². The Morgan fingerprint density at radius 1 is 1.10 bits per heavy atom. The molecule has 21 heavy (non-hydrogen) atoms. The van der Waals surface area contributed by atoms with Gasteiger partial charge >= 0.3 is 5.97 Å². The predicted molar refractivity (Wildman–Crippen MR) is 88.4 cm³/mol. The SMILES string of the molecule is CC=CCC#CC#CC=CC=CCCCCCC(=O)OC. The topological polar surface area (TPSA) is 26.3 Å². The van der Waals surface area contributed by atoms with Crippen LogP contribution in [-0.4, -0.2) is 13.1 Å². The molecule has 0 aromatic rings. The van der Waals surface area contributed by atoms with Crippen molar-refractivity contribution in [3.8, 4) is 23.7 Å². The van der Waals surface area contributed by atoms with E-state index in [2.05, 4.69) is 34.5 Å². The summed E-state index contributed by atoms with van der Waals surface area (Å²) in [6.07, 6.45) is 17.1. The van der Waals surface area contributed by atoms with E-state index in [0.29, 0.717) is 6.42 Å². The van der Waals surface area contributed by atoms with Gasteiger partial charge < -0.3 is 4.74 Å². The van der Waals surface area contributed by atoms with Crippen LogP contribution in [0.1, 0.15) is 45.4 Å². The Hall–Kier alpha value is -2.19. The van der Waals surface area contributed by atoms with Gasteiger partial charge in [-0.25, -0.2) is 0 Å². The number of esters is 1. The molecule has 0 saturated heterocycles. The summed E-state index contributed by atoms with van der Waals surface area (Å²) in [6, 6.07) is 0. The van der Waals surface area contributed by atoms with E-state index in [1.807, 2.05) is 31.2 Å². The monoisotopic (exact) mass is 284 g/mol. The van der Waals surface area contributed by atoms with Crippen LogP contribution in [0.5, 0.6) is 0 Å². The van der Waals surface area contributed by atoms with Gasteiger partial charge in [0, 0.05) is 12.8 Å². The van der Waals surface area contributed by atoms with Crippen LogP contribution in [0.25, 0.3) is 0 Å². The maximum atomic E-state index is 10.9. The molecule has 0 rings (SSSR count). The molecule has 0 heterocycles. The van der Waals surface area contributed by atoms with E-state index in [4.69, 9.17) is 0 Å². The summed E-state index contributed by atoms with van der Waals surface area (Å²) >= 11 is 0. The number of carbonyl (C=O) groups is 1. The number of ether oxygens (including phenoxy) is 1. The van der Waals surface area contributed by atoms with Gasteiger partial charge in [0.15, 0.2) is 0 Å². The highest BCUT2D eigenvalue weighted by molar-refractivity contribution is 5.68. The summed E-state index contributed by atoms with van der Waals surface area (Å²) in [5, 5.41) is 0. The van der Waals surface area contributed by atoms with Crippen molar-refractivity contribution in [2.45, 2.75) is 45.4 Å². The molecular weight excluding hydrogens is 260 g/mol. The molecule has 0 spiro atoms. The summed E-state index contributed by atoms with van der Waals surface area (Å²) in [4.78, 5) is 10.9. The van der Waals surface area contributed by atoms with Crippen molar-refractivity contribution in [1.29, 1.82) is 0 Å². The van der Waals surface area contributed by atoms with E-state index >= 15 is 0 Å². The van der Waals surface area contributed by atoms with Crippen LogP contribution in [-0.2, 0) is 9.53 Å². The van der Waals surface area contributed by atoms with Crippen LogP contribution in [0, 0.1) is 23.7 Å². The van der Waals surface area contributed by atoms with E-state index in [9.17, 15) is 4.79 Å². The summed E-state index contributed by atoms with van der Waals surface area (Å²) < 4.78 is 4.58. The number of hydrogen-bond acceptors (Lipinski definition) is 2. The second-order valence-corrected chi connectivity index (χ2v) is 4.31. The fourth-order valence-electron chi connectivity index (χ4n) is 1.44. The number of unbranched alkanes of at least 4 members (excludes halogenated alkanes) is 3. The standard InChI is InChI=1S/C19H24O2/c1-3-4-5-6-7-8-9-10-11-12-13-14-15-16-17-18-19(20)21-2/h3-4,10-13H,5,14-18H2,1-2H3. The second-order valence-electron chi connectivity index (χ2n) is 4.31. The minimum atomic E-state index is -0.124. The molecule has 0 aliphatic heterocycles. The van der Waals surface area contributed by atoms with Crippen molar-refractivity contribution in [3.05, 3.63) is 36.5 Å². The zero-order chi connectivity index (χ0) is 15.6. The third-order valence-electron chi connectivity index (χ3n) is 2.58. The maximum Gasteiger partial charge on any atom is 0.305 e. The number of allylic oxidation sites excluding steroid dienone is 6. The minimum absolute atomic E-state index is 0.124. The average Bonchev–Trinajstić information content (AvgIpc) is 2.50. The van der Waals surface area contributed by atoms with Crippen molar-refractivity contribution in [2.75, 3.05) is 7.11 Å². The highest BCUT2D eigenvalue weighted by Gasteiger charge is 1.97. The Kier molecular flexibility index (Phi) is 14.2. The lowest BCUT2D eigenvalue weighted by molar-refractivity contribution is -0.140. The first-order chi connectivity index (χ1) is 10.3. The van der Waals surface area contributed by atoms with Gasteiger partial charge in [0.25, 0.3) is 0 Å². The van der Waals surface area contributed by atoms with Crippen LogP contribution in [0.4, 0.5) is 0 Å². The second kappa shape index (κ2) is 15.9. The van der Waals surface area contributed by atoms with Gasteiger partial charge in [-0.05, 0) is 44.1 Å². The predicted octanol–water partition coefficient (Wildman–Crippen LogP) is 4.20. The smallest absolute Gasteiger partial charge is 0.305 e. The van der Waals surface area contributed by atoms with E-state index < -0.39 is 0 Å². The Balaban J connectivity index is 3.58. The highest BCUT2D eigenvalue weighted by atomic mass is 16.5. The molecule has 0 fully saturated rings.